The first-order valence-electron chi connectivity index (χ1n) is 9.47. The van der Waals surface area contributed by atoms with Crippen molar-refractivity contribution in [3.05, 3.63) is 70.8 Å². The molecule has 0 aliphatic carbocycles. The highest BCUT2D eigenvalue weighted by molar-refractivity contribution is 5.31. The van der Waals surface area contributed by atoms with Gasteiger partial charge in [-0.2, -0.15) is 0 Å². The molecule has 0 saturated carbocycles. The SMILES string of the molecule is CCC(C)(C)c1ccc(CCc2ccc(C(C)(C)CC)cc2)cc1. The Balaban J connectivity index is 1.99. The van der Waals surface area contributed by atoms with Gasteiger partial charge in [-0.25, -0.2) is 0 Å². The molecule has 0 atom stereocenters. The van der Waals surface area contributed by atoms with Crippen molar-refractivity contribution in [3.63, 3.8) is 0 Å². The minimum atomic E-state index is 0.278. The average Bonchev–Trinajstić information content (AvgIpc) is 2.60. The van der Waals surface area contributed by atoms with Crippen LogP contribution in [0.4, 0.5) is 0 Å². The van der Waals surface area contributed by atoms with Gasteiger partial charge in [0.15, 0.2) is 0 Å². The van der Waals surface area contributed by atoms with E-state index in [0.29, 0.717) is 0 Å². The van der Waals surface area contributed by atoms with Gasteiger partial charge in [-0.3, -0.25) is 0 Å². The van der Waals surface area contributed by atoms with Crippen molar-refractivity contribution in [2.24, 2.45) is 0 Å². The minimum absolute atomic E-state index is 0.278. The van der Waals surface area contributed by atoms with Crippen molar-refractivity contribution in [3.8, 4) is 0 Å². The molecule has 0 unspecified atom stereocenters. The van der Waals surface area contributed by atoms with Crippen LogP contribution in [0.1, 0.15) is 76.6 Å². The largest absolute Gasteiger partial charge is 0.0646 e. The highest BCUT2D eigenvalue weighted by Crippen LogP contribution is 2.28. The lowest BCUT2D eigenvalue weighted by atomic mass is 9.81. The summed E-state index contributed by atoms with van der Waals surface area (Å²) in [6.45, 7) is 13.8. The second kappa shape index (κ2) is 7.55. The number of hydrogen-bond donors (Lipinski definition) is 0. The highest BCUT2D eigenvalue weighted by atomic mass is 14.2. The molecule has 2 aromatic carbocycles. The van der Waals surface area contributed by atoms with Crippen molar-refractivity contribution < 1.29 is 0 Å². The molecule has 0 bridgehead atoms. The Kier molecular flexibility index (Phi) is 5.91. The summed E-state index contributed by atoms with van der Waals surface area (Å²) in [5.41, 5.74) is 6.31. The molecule has 0 fully saturated rings. The van der Waals surface area contributed by atoms with Crippen molar-refractivity contribution in [1.29, 1.82) is 0 Å². The number of benzene rings is 2. The molecule has 0 aliphatic rings. The fourth-order valence-corrected chi connectivity index (χ4v) is 2.94. The molecule has 0 heteroatoms. The van der Waals surface area contributed by atoms with Crippen LogP contribution in [0.15, 0.2) is 48.5 Å². The molecule has 0 aliphatic heterocycles. The van der Waals surface area contributed by atoms with Crippen LogP contribution in [-0.2, 0) is 23.7 Å². The summed E-state index contributed by atoms with van der Waals surface area (Å²) in [6, 6.07) is 18.5. The summed E-state index contributed by atoms with van der Waals surface area (Å²) >= 11 is 0. The molecule has 0 spiro atoms. The number of aryl methyl sites for hydroxylation is 2. The van der Waals surface area contributed by atoms with E-state index in [1.165, 1.54) is 35.1 Å². The third kappa shape index (κ3) is 4.50. The van der Waals surface area contributed by atoms with E-state index in [4.69, 9.17) is 0 Å². The third-order valence-corrected chi connectivity index (χ3v) is 5.94. The fraction of sp³-hybridized carbons (Fsp3) is 0.500. The Bertz CT molecular complexity index is 567. The summed E-state index contributed by atoms with van der Waals surface area (Å²) in [7, 11) is 0. The summed E-state index contributed by atoms with van der Waals surface area (Å²) in [5.74, 6) is 0. The first-order valence-corrected chi connectivity index (χ1v) is 9.47. The fourth-order valence-electron chi connectivity index (χ4n) is 2.94. The van der Waals surface area contributed by atoms with Crippen LogP contribution in [0.5, 0.6) is 0 Å². The van der Waals surface area contributed by atoms with Crippen LogP contribution in [0, 0.1) is 0 Å². The molecule has 2 rings (SSSR count). The summed E-state index contributed by atoms with van der Waals surface area (Å²) in [5, 5.41) is 0. The van der Waals surface area contributed by atoms with E-state index in [0.717, 1.165) is 12.8 Å². The molecular weight excluding hydrogens is 288 g/mol. The van der Waals surface area contributed by atoms with Gasteiger partial charge in [-0.1, -0.05) is 90.1 Å². The van der Waals surface area contributed by atoms with Crippen molar-refractivity contribution >= 4 is 0 Å². The van der Waals surface area contributed by atoms with Crippen molar-refractivity contribution in [2.75, 3.05) is 0 Å². The molecule has 0 N–H and O–H groups in total. The lowest BCUT2D eigenvalue weighted by Gasteiger charge is -2.23. The highest BCUT2D eigenvalue weighted by Gasteiger charge is 2.18. The molecule has 0 amide bonds. The Labute approximate surface area is 149 Å². The third-order valence-electron chi connectivity index (χ3n) is 5.94. The van der Waals surface area contributed by atoms with Gasteiger partial charge in [0.05, 0.1) is 0 Å². The maximum Gasteiger partial charge on any atom is -0.0106 e. The van der Waals surface area contributed by atoms with Gasteiger partial charge in [-0.05, 0) is 58.8 Å². The van der Waals surface area contributed by atoms with E-state index >= 15 is 0 Å². The van der Waals surface area contributed by atoms with Crippen molar-refractivity contribution in [1.82, 2.24) is 0 Å². The van der Waals surface area contributed by atoms with E-state index in [9.17, 15) is 0 Å². The van der Waals surface area contributed by atoms with Gasteiger partial charge in [0.2, 0.25) is 0 Å². The van der Waals surface area contributed by atoms with Gasteiger partial charge in [0, 0.05) is 0 Å². The van der Waals surface area contributed by atoms with E-state index < -0.39 is 0 Å². The molecule has 0 aromatic heterocycles. The second-order valence-corrected chi connectivity index (χ2v) is 8.37. The lowest BCUT2D eigenvalue weighted by Crippen LogP contribution is -2.15. The quantitative estimate of drug-likeness (QED) is 0.523. The molecule has 0 saturated heterocycles. The maximum absolute atomic E-state index is 2.32. The Morgan fingerprint density at radius 3 is 1.08 bits per heavy atom. The topological polar surface area (TPSA) is 0 Å². The summed E-state index contributed by atoms with van der Waals surface area (Å²) in [4.78, 5) is 0. The van der Waals surface area contributed by atoms with Gasteiger partial charge < -0.3 is 0 Å². The zero-order chi connectivity index (χ0) is 17.8. The predicted molar refractivity (Wildman–Crippen MR) is 107 cm³/mol. The predicted octanol–water partition coefficient (Wildman–Crippen LogP) is 6.85. The van der Waals surface area contributed by atoms with Gasteiger partial charge in [-0.15, -0.1) is 0 Å². The van der Waals surface area contributed by atoms with E-state index in [1.54, 1.807) is 0 Å². The normalized spacial score (nSPS) is 12.4. The van der Waals surface area contributed by atoms with E-state index in [-0.39, 0.29) is 10.8 Å². The first-order chi connectivity index (χ1) is 11.3. The van der Waals surface area contributed by atoms with Crippen molar-refractivity contribution in [2.45, 2.75) is 78.1 Å². The average molecular weight is 323 g/mol. The first kappa shape index (κ1) is 18.8. The van der Waals surface area contributed by atoms with Crippen LogP contribution in [0.25, 0.3) is 0 Å². The second-order valence-electron chi connectivity index (χ2n) is 8.37. The molecule has 24 heavy (non-hydrogen) atoms. The van der Waals surface area contributed by atoms with Gasteiger partial charge in [0.1, 0.15) is 0 Å². The lowest BCUT2D eigenvalue weighted by molar-refractivity contribution is 0.506. The maximum atomic E-state index is 2.32. The van der Waals surface area contributed by atoms with Crippen LogP contribution < -0.4 is 0 Å². The van der Waals surface area contributed by atoms with Crippen LogP contribution in [-0.4, -0.2) is 0 Å². The number of hydrogen-bond acceptors (Lipinski definition) is 0. The smallest absolute Gasteiger partial charge is 0.0106 e. The van der Waals surface area contributed by atoms with Crippen LogP contribution in [0.3, 0.4) is 0 Å². The monoisotopic (exact) mass is 322 g/mol. The van der Waals surface area contributed by atoms with Crippen LogP contribution in [0.2, 0.25) is 0 Å². The standard InChI is InChI=1S/C24H34/c1-7-23(3,4)21-15-11-19(12-16-21)9-10-20-13-17-22(18-14-20)24(5,6)8-2/h11-18H,7-10H2,1-6H3. The summed E-state index contributed by atoms with van der Waals surface area (Å²) < 4.78 is 0. The molecular formula is C24H34. The Morgan fingerprint density at radius 1 is 0.542 bits per heavy atom. The molecule has 0 radical (unpaired) electrons. The summed E-state index contributed by atoms with van der Waals surface area (Å²) in [6.07, 6.45) is 4.58. The zero-order valence-corrected chi connectivity index (χ0v) is 16.4. The van der Waals surface area contributed by atoms with Crippen LogP contribution >= 0.6 is 0 Å². The number of rotatable bonds is 7. The Morgan fingerprint density at radius 2 is 0.833 bits per heavy atom. The molecule has 130 valence electrons. The zero-order valence-electron chi connectivity index (χ0n) is 16.4. The molecule has 0 nitrogen and oxygen atoms in total. The molecule has 2 aromatic rings. The van der Waals surface area contributed by atoms with Gasteiger partial charge in [0.25, 0.3) is 0 Å². The molecule has 0 heterocycles. The van der Waals surface area contributed by atoms with E-state index in [1.807, 2.05) is 0 Å². The Hall–Kier alpha value is -1.56. The van der Waals surface area contributed by atoms with E-state index in [2.05, 4.69) is 90.1 Å². The van der Waals surface area contributed by atoms with Gasteiger partial charge >= 0.3 is 0 Å². The minimum Gasteiger partial charge on any atom is -0.0646 e.